The van der Waals surface area contributed by atoms with Crippen LogP contribution in [-0.4, -0.2) is 71.9 Å². The molecular weight excluding hydrogens is 491 g/mol. The number of rotatable bonds is 8. The van der Waals surface area contributed by atoms with Gasteiger partial charge in [-0.2, -0.15) is 13.2 Å². The van der Waals surface area contributed by atoms with Crippen molar-refractivity contribution >= 4 is 22.8 Å². The van der Waals surface area contributed by atoms with Gasteiger partial charge in [0.2, 0.25) is 0 Å². The molecule has 2 aromatic carbocycles. The van der Waals surface area contributed by atoms with E-state index in [0.29, 0.717) is 50.4 Å². The molecule has 0 aliphatic carbocycles. The largest absolute Gasteiger partial charge is 0.491 e. The van der Waals surface area contributed by atoms with Gasteiger partial charge in [-0.3, -0.25) is 4.79 Å². The van der Waals surface area contributed by atoms with Gasteiger partial charge in [0.25, 0.3) is 5.91 Å². The van der Waals surface area contributed by atoms with Crippen LogP contribution < -0.4 is 10.1 Å². The number of morpholine rings is 1. The summed E-state index contributed by atoms with van der Waals surface area (Å²) in [4.78, 5) is 29.0. The zero-order chi connectivity index (χ0) is 26.6. The van der Waals surface area contributed by atoms with Crippen molar-refractivity contribution in [1.29, 1.82) is 0 Å². The third-order valence-corrected chi connectivity index (χ3v) is 6.33. The van der Waals surface area contributed by atoms with Crippen LogP contribution in [0.25, 0.3) is 10.9 Å². The SMILES string of the molecule is C[C@H](NCCc1c[nH]c2c(C(=O)N3CCOCC3)cccc12)[C@H](O)c1ccc(OC(=O)C(F)(F)F)cc1. The number of amides is 1. The predicted molar refractivity (Wildman–Crippen MR) is 129 cm³/mol. The van der Waals surface area contributed by atoms with Gasteiger partial charge < -0.3 is 29.8 Å². The topological polar surface area (TPSA) is 104 Å². The summed E-state index contributed by atoms with van der Waals surface area (Å²) in [5.74, 6) is -2.59. The first-order chi connectivity index (χ1) is 17.6. The molecule has 4 rings (SSSR count). The van der Waals surface area contributed by atoms with E-state index in [1.165, 1.54) is 24.3 Å². The second-order valence-corrected chi connectivity index (χ2v) is 8.84. The number of nitrogens with zero attached hydrogens (tertiary/aromatic N) is 1. The van der Waals surface area contributed by atoms with E-state index in [1.54, 1.807) is 11.8 Å². The predicted octanol–water partition coefficient (Wildman–Crippen LogP) is 3.36. The number of para-hydroxylation sites is 1. The maximum Gasteiger partial charge on any atom is 0.491 e. The second kappa shape index (κ2) is 11.3. The maximum atomic E-state index is 13.0. The van der Waals surface area contributed by atoms with Crippen molar-refractivity contribution in [3.63, 3.8) is 0 Å². The molecule has 1 aliphatic heterocycles. The fourth-order valence-corrected chi connectivity index (χ4v) is 4.27. The highest BCUT2D eigenvalue weighted by molar-refractivity contribution is 6.06. The van der Waals surface area contributed by atoms with Gasteiger partial charge in [-0.15, -0.1) is 0 Å². The fourth-order valence-electron chi connectivity index (χ4n) is 4.27. The van der Waals surface area contributed by atoms with Gasteiger partial charge in [0.05, 0.1) is 30.4 Å². The average molecular weight is 520 g/mol. The van der Waals surface area contributed by atoms with E-state index in [1.807, 2.05) is 24.4 Å². The minimum Gasteiger partial charge on any atom is -0.420 e. The van der Waals surface area contributed by atoms with Crippen molar-refractivity contribution in [2.45, 2.75) is 31.7 Å². The number of aliphatic hydroxyl groups excluding tert-OH is 1. The quantitative estimate of drug-likeness (QED) is 0.312. The Morgan fingerprint density at radius 1 is 1.16 bits per heavy atom. The molecule has 2 heterocycles. The van der Waals surface area contributed by atoms with E-state index in [4.69, 9.17) is 4.74 Å². The molecule has 0 bridgehead atoms. The molecule has 3 aromatic rings. The molecule has 0 spiro atoms. The Hall–Kier alpha value is -3.41. The Bertz CT molecular complexity index is 1240. The summed E-state index contributed by atoms with van der Waals surface area (Å²) in [5, 5.41) is 14.8. The van der Waals surface area contributed by atoms with Crippen LogP contribution in [0.15, 0.2) is 48.7 Å². The van der Waals surface area contributed by atoms with E-state index in [2.05, 4.69) is 15.0 Å². The molecule has 37 heavy (non-hydrogen) atoms. The van der Waals surface area contributed by atoms with Crippen molar-refractivity contribution in [3.05, 3.63) is 65.4 Å². The van der Waals surface area contributed by atoms with Crippen molar-refractivity contribution in [2.75, 3.05) is 32.8 Å². The van der Waals surface area contributed by atoms with Crippen molar-refractivity contribution < 1.29 is 37.3 Å². The maximum absolute atomic E-state index is 13.0. The second-order valence-electron chi connectivity index (χ2n) is 8.84. The van der Waals surface area contributed by atoms with Gasteiger partial charge in [-0.05, 0) is 49.2 Å². The van der Waals surface area contributed by atoms with Gasteiger partial charge in [-0.1, -0.05) is 24.3 Å². The monoisotopic (exact) mass is 519 g/mol. The van der Waals surface area contributed by atoms with Gasteiger partial charge >= 0.3 is 12.1 Å². The normalized spacial score (nSPS) is 16.0. The molecule has 3 N–H and O–H groups in total. The average Bonchev–Trinajstić information content (AvgIpc) is 3.31. The summed E-state index contributed by atoms with van der Waals surface area (Å²) in [5.41, 5.74) is 2.89. The number of benzene rings is 2. The molecule has 198 valence electrons. The molecule has 8 nitrogen and oxygen atoms in total. The molecule has 1 amide bonds. The van der Waals surface area contributed by atoms with Crippen molar-refractivity contribution in [1.82, 2.24) is 15.2 Å². The number of ether oxygens (including phenoxy) is 2. The van der Waals surface area contributed by atoms with Crippen LogP contribution in [0.3, 0.4) is 0 Å². The Morgan fingerprint density at radius 3 is 2.54 bits per heavy atom. The van der Waals surface area contributed by atoms with Gasteiger partial charge in [0.1, 0.15) is 5.75 Å². The number of carbonyl (C=O) groups excluding carboxylic acids is 2. The summed E-state index contributed by atoms with van der Waals surface area (Å²) in [7, 11) is 0. The lowest BCUT2D eigenvalue weighted by Gasteiger charge is -2.27. The molecule has 0 unspecified atom stereocenters. The Morgan fingerprint density at radius 2 is 1.86 bits per heavy atom. The number of aromatic nitrogens is 1. The van der Waals surface area contributed by atoms with E-state index >= 15 is 0 Å². The number of hydrogen-bond donors (Lipinski definition) is 3. The lowest BCUT2D eigenvalue weighted by atomic mass is 10.0. The molecule has 0 radical (unpaired) electrons. The number of nitrogens with one attached hydrogen (secondary N) is 2. The lowest BCUT2D eigenvalue weighted by molar-refractivity contribution is -0.189. The number of fused-ring (bicyclic) bond motifs is 1. The molecule has 1 aliphatic rings. The van der Waals surface area contributed by atoms with Crippen molar-refractivity contribution in [2.24, 2.45) is 0 Å². The first kappa shape index (κ1) is 26.6. The first-order valence-corrected chi connectivity index (χ1v) is 11.9. The third-order valence-electron chi connectivity index (χ3n) is 6.33. The van der Waals surface area contributed by atoms with Gasteiger partial charge in [0.15, 0.2) is 0 Å². The zero-order valence-corrected chi connectivity index (χ0v) is 20.2. The van der Waals surface area contributed by atoms with E-state index in [9.17, 15) is 27.9 Å². The molecule has 1 fully saturated rings. The van der Waals surface area contributed by atoms with Gasteiger partial charge in [-0.25, -0.2) is 4.79 Å². The van der Waals surface area contributed by atoms with Gasteiger partial charge in [0, 0.05) is 30.7 Å². The fraction of sp³-hybridized carbons (Fsp3) is 0.385. The Kier molecular flexibility index (Phi) is 8.16. The van der Waals surface area contributed by atoms with Crippen LogP contribution in [-0.2, 0) is 16.0 Å². The Labute approximate surface area is 211 Å². The van der Waals surface area contributed by atoms with Crippen LogP contribution in [0.1, 0.15) is 34.5 Å². The summed E-state index contributed by atoms with van der Waals surface area (Å²) in [6.45, 7) is 4.51. The zero-order valence-electron chi connectivity index (χ0n) is 20.2. The first-order valence-electron chi connectivity index (χ1n) is 11.9. The summed E-state index contributed by atoms with van der Waals surface area (Å²) < 4.78 is 46.6. The molecule has 2 atom stereocenters. The third kappa shape index (κ3) is 6.30. The molecule has 0 saturated carbocycles. The van der Waals surface area contributed by atoms with Crippen LogP contribution >= 0.6 is 0 Å². The van der Waals surface area contributed by atoms with Crippen LogP contribution in [0.5, 0.6) is 5.75 Å². The minimum atomic E-state index is -5.08. The molecule has 1 aromatic heterocycles. The number of aromatic amines is 1. The molecule has 11 heteroatoms. The number of alkyl halides is 3. The number of aliphatic hydroxyl groups is 1. The smallest absolute Gasteiger partial charge is 0.420 e. The van der Waals surface area contributed by atoms with Crippen molar-refractivity contribution in [3.8, 4) is 5.75 Å². The van der Waals surface area contributed by atoms with Crippen LogP contribution in [0.4, 0.5) is 13.2 Å². The van der Waals surface area contributed by atoms with E-state index in [0.717, 1.165) is 16.5 Å². The standard InChI is InChI=1S/C26H28F3N3O5/c1-16(23(33)17-5-7-19(8-6-17)37-25(35)26(27,28)29)30-10-9-18-15-31-22-20(18)3-2-4-21(22)24(34)32-11-13-36-14-12-32/h2-8,15-16,23,30-31,33H,9-14H2,1H3/t16-,23-/m0/s1. The highest BCUT2D eigenvalue weighted by Gasteiger charge is 2.41. The van der Waals surface area contributed by atoms with Crippen LogP contribution in [0.2, 0.25) is 0 Å². The van der Waals surface area contributed by atoms with E-state index < -0.39 is 18.2 Å². The van der Waals surface area contributed by atoms with Crippen LogP contribution in [0, 0.1) is 0 Å². The summed E-state index contributed by atoms with van der Waals surface area (Å²) in [6.07, 6.45) is -3.50. The number of carbonyl (C=O) groups is 2. The highest BCUT2D eigenvalue weighted by Crippen LogP contribution is 2.25. The number of H-pyrrole nitrogens is 1. The minimum absolute atomic E-state index is 0.0311. The van der Waals surface area contributed by atoms with E-state index in [-0.39, 0.29) is 17.7 Å². The molecular formula is C26H28F3N3O5. The number of esters is 1. The summed E-state index contributed by atoms with van der Waals surface area (Å²) >= 11 is 0. The summed E-state index contributed by atoms with van der Waals surface area (Å²) in [6, 6.07) is 10.5. The highest BCUT2D eigenvalue weighted by atomic mass is 19.4. The Balaban J connectivity index is 1.33. The number of halogens is 3. The lowest BCUT2D eigenvalue weighted by Crippen LogP contribution is -2.40. The number of hydrogen-bond acceptors (Lipinski definition) is 6. The molecule has 1 saturated heterocycles.